The standard InChI is InChI=1S/C12H17ClN2O2/c1-8-5-10(13)6-9(12(8)17-4)7-11(16)14-15(2)3/h5-6H,7H2,1-4H3,(H,14,16). The number of benzene rings is 1. The number of carbonyl (C=O) groups is 1. The molecule has 0 fully saturated rings. The largest absolute Gasteiger partial charge is 0.496 e. The van der Waals surface area contributed by atoms with E-state index in [1.165, 1.54) is 0 Å². The zero-order valence-corrected chi connectivity index (χ0v) is 11.3. The molecule has 1 aromatic carbocycles. The second kappa shape index (κ2) is 5.89. The number of methoxy groups -OCH3 is 1. The molecule has 4 nitrogen and oxygen atoms in total. The molecule has 0 aliphatic carbocycles. The van der Waals surface area contributed by atoms with Crippen LogP contribution in [-0.2, 0) is 11.2 Å². The number of amides is 1. The van der Waals surface area contributed by atoms with Gasteiger partial charge in [0, 0.05) is 24.7 Å². The van der Waals surface area contributed by atoms with Crippen LogP contribution in [0.15, 0.2) is 12.1 Å². The van der Waals surface area contributed by atoms with E-state index < -0.39 is 0 Å². The van der Waals surface area contributed by atoms with Gasteiger partial charge in [-0.05, 0) is 24.6 Å². The van der Waals surface area contributed by atoms with Gasteiger partial charge >= 0.3 is 0 Å². The molecular weight excluding hydrogens is 240 g/mol. The average Bonchev–Trinajstić information content (AvgIpc) is 2.15. The van der Waals surface area contributed by atoms with E-state index in [4.69, 9.17) is 16.3 Å². The summed E-state index contributed by atoms with van der Waals surface area (Å²) in [5, 5.41) is 2.21. The van der Waals surface area contributed by atoms with Gasteiger partial charge in [0.1, 0.15) is 5.75 Å². The second-order valence-electron chi connectivity index (χ2n) is 4.02. The summed E-state index contributed by atoms with van der Waals surface area (Å²) in [4.78, 5) is 11.7. The molecule has 94 valence electrons. The number of halogens is 1. The lowest BCUT2D eigenvalue weighted by Crippen LogP contribution is -2.37. The van der Waals surface area contributed by atoms with Crippen LogP contribution in [0.2, 0.25) is 5.02 Å². The van der Waals surface area contributed by atoms with Crippen LogP contribution in [0, 0.1) is 6.92 Å². The van der Waals surface area contributed by atoms with Crippen LogP contribution < -0.4 is 10.2 Å². The predicted molar refractivity (Wildman–Crippen MR) is 68.3 cm³/mol. The van der Waals surface area contributed by atoms with Gasteiger partial charge in [-0.3, -0.25) is 10.2 Å². The molecule has 0 radical (unpaired) electrons. The Balaban J connectivity index is 2.93. The van der Waals surface area contributed by atoms with E-state index in [-0.39, 0.29) is 12.3 Å². The molecule has 0 aliphatic rings. The summed E-state index contributed by atoms with van der Waals surface area (Å²) in [5.74, 6) is 0.610. The van der Waals surface area contributed by atoms with Crippen molar-refractivity contribution in [3.05, 3.63) is 28.3 Å². The van der Waals surface area contributed by atoms with Crippen molar-refractivity contribution >= 4 is 17.5 Å². The minimum Gasteiger partial charge on any atom is -0.496 e. The molecule has 0 saturated carbocycles. The van der Waals surface area contributed by atoms with Crippen LogP contribution in [0.4, 0.5) is 0 Å². The van der Waals surface area contributed by atoms with Gasteiger partial charge in [-0.1, -0.05) is 11.6 Å². The van der Waals surface area contributed by atoms with Crippen molar-refractivity contribution in [1.29, 1.82) is 0 Å². The molecule has 0 atom stereocenters. The molecule has 0 aliphatic heterocycles. The van der Waals surface area contributed by atoms with Crippen molar-refractivity contribution in [3.63, 3.8) is 0 Å². The Labute approximate surface area is 106 Å². The van der Waals surface area contributed by atoms with E-state index in [1.54, 1.807) is 32.3 Å². The van der Waals surface area contributed by atoms with E-state index in [9.17, 15) is 4.79 Å². The topological polar surface area (TPSA) is 41.6 Å². The van der Waals surface area contributed by atoms with Crippen LogP contribution in [0.5, 0.6) is 5.75 Å². The molecule has 1 amide bonds. The average molecular weight is 257 g/mol. The van der Waals surface area contributed by atoms with Gasteiger partial charge in [-0.15, -0.1) is 0 Å². The van der Waals surface area contributed by atoms with Crippen LogP contribution in [0.1, 0.15) is 11.1 Å². The van der Waals surface area contributed by atoms with Gasteiger partial charge in [0.25, 0.3) is 0 Å². The summed E-state index contributed by atoms with van der Waals surface area (Å²) in [6.45, 7) is 1.90. The van der Waals surface area contributed by atoms with Crippen molar-refractivity contribution in [2.45, 2.75) is 13.3 Å². The first kappa shape index (κ1) is 13.8. The van der Waals surface area contributed by atoms with Crippen LogP contribution in [-0.4, -0.2) is 32.1 Å². The number of nitrogens with one attached hydrogen (secondary N) is 1. The minimum atomic E-state index is -0.102. The molecule has 17 heavy (non-hydrogen) atoms. The summed E-state index contributed by atoms with van der Waals surface area (Å²) < 4.78 is 5.28. The number of hydrogen-bond donors (Lipinski definition) is 1. The Bertz CT molecular complexity index is 419. The van der Waals surface area contributed by atoms with Crippen LogP contribution >= 0.6 is 11.6 Å². The predicted octanol–water partition coefficient (Wildman–Crippen LogP) is 1.79. The third-order valence-corrected chi connectivity index (χ3v) is 2.44. The lowest BCUT2D eigenvalue weighted by molar-refractivity contribution is -0.124. The summed E-state index contributed by atoms with van der Waals surface area (Å²) in [7, 11) is 5.11. The number of aryl methyl sites for hydroxylation is 1. The maximum Gasteiger partial charge on any atom is 0.238 e. The number of hydrazine groups is 1. The third-order valence-electron chi connectivity index (χ3n) is 2.22. The van der Waals surface area contributed by atoms with Crippen molar-refractivity contribution in [2.75, 3.05) is 21.2 Å². The van der Waals surface area contributed by atoms with Crippen LogP contribution in [0.3, 0.4) is 0 Å². The van der Waals surface area contributed by atoms with Crippen LogP contribution in [0.25, 0.3) is 0 Å². The Morgan fingerprint density at radius 3 is 2.65 bits per heavy atom. The molecule has 0 aromatic heterocycles. The quantitative estimate of drug-likeness (QED) is 0.836. The van der Waals surface area contributed by atoms with Crippen molar-refractivity contribution in [3.8, 4) is 5.75 Å². The van der Waals surface area contributed by atoms with E-state index in [1.807, 2.05) is 13.0 Å². The van der Waals surface area contributed by atoms with Crippen molar-refractivity contribution < 1.29 is 9.53 Å². The fourth-order valence-corrected chi connectivity index (χ4v) is 1.98. The summed E-state index contributed by atoms with van der Waals surface area (Å²) in [5.41, 5.74) is 4.39. The first-order chi connectivity index (χ1) is 7.93. The summed E-state index contributed by atoms with van der Waals surface area (Å²) in [6, 6.07) is 3.57. The molecule has 1 aromatic rings. The third kappa shape index (κ3) is 3.91. The zero-order valence-electron chi connectivity index (χ0n) is 10.5. The van der Waals surface area contributed by atoms with E-state index in [2.05, 4.69) is 5.43 Å². The second-order valence-corrected chi connectivity index (χ2v) is 4.46. The normalized spacial score (nSPS) is 10.5. The lowest BCUT2D eigenvalue weighted by Gasteiger charge is -2.14. The number of ether oxygens (including phenoxy) is 1. The van der Waals surface area contributed by atoms with E-state index in [0.717, 1.165) is 11.1 Å². The summed E-state index contributed by atoms with van der Waals surface area (Å²) in [6.07, 6.45) is 0.239. The minimum absolute atomic E-state index is 0.102. The van der Waals surface area contributed by atoms with Gasteiger partial charge in [0.2, 0.25) is 5.91 Å². The maximum absolute atomic E-state index is 11.7. The summed E-state index contributed by atoms with van der Waals surface area (Å²) >= 11 is 5.97. The molecule has 0 bridgehead atoms. The van der Waals surface area contributed by atoms with Gasteiger partial charge in [0.15, 0.2) is 0 Å². The highest BCUT2D eigenvalue weighted by Crippen LogP contribution is 2.27. The Morgan fingerprint density at radius 1 is 1.47 bits per heavy atom. The van der Waals surface area contributed by atoms with Gasteiger partial charge < -0.3 is 4.74 Å². The smallest absolute Gasteiger partial charge is 0.238 e. The highest BCUT2D eigenvalue weighted by molar-refractivity contribution is 6.30. The molecular formula is C12H17ClN2O2. The highest BCUT2D eigenvalue weighted by Gasteiger charge is 2.12. The number of hydrogen-bond acceptors (Lipinski definition) is 3. The first-order valence-corrected chi connectivity index (χ1v) is 5.61. The zero-order chi connectivity index (χ0) is 13.0. The van der Waals surface area contributed by atoms with Gasteiger partial charge in [0.05, 0.1) is 13.5 Å². The fraction of sp³-hybridized carbons (Fsp3) is 0.417. The highest BCUT2D eigenvalue weighted by atomic mass is 35.5. The Kier molecular flexibility index (Phi) is 4.78. The molecule has 1 N–H and O–H groups in total. The van der Waals surface area contributed by atoms with E-state index >= 15 is 0 Å². The van der Waals surface area contributed by atoms with Gasteiger partial charge in [-0.2, -0.15) is 0 Å². The first-order valence-electron chi connectivity index (χ1n) is 5.24. The Hall–Kier alpha value is -1.26. The number of carbonyl (C=O) groups excluding carboxylic acids is 1. The number of nitrogens with zero attached hydrogens (tertiary/aromatic N) is 1. The SMILES string of the molecule is COc1c(C)cc(Cl)cc1CC(=O)NN(C)C. The molecule has 0 spiro atoms. The maximum atomic E-state index is 11.7. The van der Waals surface area contributed by atoms with Crippen molar-refractivity contribution in [1.82, 2.24) is 10.4 Å². The van der Waals surface area contributed by atoms with E-state index in [0.29, 0.717) is 10.8 Å². The molecule has 5 heteroatoms. The fourth-order valence-electron chi connectivity index (χ4n) is 1.68. The Morgan fingerprint density at radius 2 is 2.12 bits per heavy atom. The molecule has 0 saturated heterocycles. The molecule has 0 unspecified atom stereocenters. The molecule has 1 rings (SSSR count). The van der Waals surface area contributed by atoms with Gasteiger partial charge in [-0.25, -0.2) is 5.01 Å². The van der Waals surface area contributed by atoms with Crippen molar-refractivity contribution in [2.24, 2.45) is 0 Å². The number of rotatable bonds is 4. The lowest BCUT2D eigenvalue weighted by atomic mass is 10.1. The monoisotopic (exact) mass is 256 g/mol. The molecule has 0 heterocycles.